The first-order valence-corrected chi connectivity index (χ1v) is 5.92. The van der Waals surface area contributed by atoms with Crippen molar-refractivity contribution in [1.29, 1.82) is 0 Å². The Kier molecular flexibility index (Phi) is 5.60. The van der Waals surface area contributed by atoms with Crippen LogP contribution in [0.2, 0.25) is 5.02 Å². The minimum atomic E-state index is 0.198. The fourth-order valence-electron chi connectivity index (χ4n) is 1.61. The summed E-state index contributed by atoms with van der Waals surface area (Å²) in [6.45, 7) is 4.83. The van der Waals surface area contributed by atoms with Gasteiger partial charge in [0.15, 0.2) is 0 Å². The van der Waals surface area contributed by atoms with Crippen LogP contribution in [0.25, 0.3) is 0 Å². The SMILES string of the molecule is CCN(CCO)CCc1ccc(N)cc1Cl. The van der Waals surface area contributed by atoms with Crippen molar-refractivity contribution in [3.8, 4) is 0 Å². The summed E-state index contributed by atoms with van der Waals surface area (Å²) in [6.07, 6.45) is 0.882. The molecular weight excluding hydrogens is 224 g/mol. The number of rotatable bonds is 6. The third-order valence-electron chi connectivity index (χ3n) is 2.64. The van der Waals surface area contributed by atoms with Crippen LogP contribution in [0.4, 0.5) is 5.69 Å². The zero-order valence-corrected chi connectivity index (χ0v) is 10.4. The minimum Gasteiger partial charge on any atom is -0.399 e. The number of benzene rings is 1. The lowest BCUT2D eigenvalue weighted by atomic mass is 10.1. The maximum atomic E-state index is 8.87. The van der Waals surface area contributed by atoms with Gasteiger partial charge in [-0.25, -0.2) is 0 Å². The largest absolute Gasteiger partial charge is 0.399 e. The summed E-state index contributed by atoms with van der Waals surface area (Å²) in [7, 11) is 0. The summed E-state index contributed by atoms with van der Waals surface area (Å²) >= 11 is 6.09. The minimum absolute atomic E-state index is 0.198. The van der Waals surface area contributed by atoms with Crippen LogP contribution >= 0.6 is 11.6 Å². The molecule has 0 radical (unpaired) electrons. The molecule has 0 aliphatic heterocycles. The molecule has 3 N–H and O–H groups in total. The maximum absolute atomic E-state index is 8.87. The molecule has 16 heavy (non-hydrogen) atoms. The lowest BCUT2D eigenvalue weighted by molar-refractivity contribution is 0.203. The van der Waals surface area contributed by atoms with Gasteiger partial charge >= 0.3 is 0 Å². The van der Waals surface area contributed by atoms with Gasteiger partial charge in [0.25, 0.3) is 0 Å². The summed E-state index contributed by atoms with van der Waals surface area (Å²) in [5, 5.41) is 9.59. The van der Waals surface area contributed by atoms with E-state index in [1.807, 2.05) is 12.1 Å². The highest BCUT2D eigenvalue weighted by Crippen LogP contribution is 2.19. The van der Waals surface area contributed by atoms with Gasteiger partial charge in [-0.1, -0.05) is 24.6 Å². The second-order valence-corrected chi connectivity index (χ2v) is 4.17. The lowest BCUT2D eigenvalue weighted by Crippen LogP contribution is -2.28. The van der Waals surface area contributed by atoms with E-state index in [9.17, 15) is 0 Å². The Morgan fingerprint density at radius 2 is 2.12 bits per heavy atom. The summed E-state index contributed by atoms with van der Waals surface area (Å²) in [5.41, 5.74) is 7.42. The number of likely N-dealkylation sites (N-methyl/N-ethyl adjacent to an activating group) is 1. The Bertz CT molecular complexity index is 331. The fraction of sp³-hybridized carbons (Fsp3) is 0.500. The molecule has 3 nitrogen and oxygen atoms in total. The van der Waals surface area contributed by atoms with Gasteiger partial charge in [0.1, 0.15) is 0 Å². The topological polar surface area (TPSA) is 49.5 Å². The van der Waals surface area contributed by atoms with Crippen LogP contribution in [0.15, 0.2) is 18.2 Å². The van der Waals surface area contributed by atoms with Crippen molar-refractivity contribution in [3.05, 3.63) is 28.8 Å². The van der Waals surface area contributed by atoms with E-state index >= 15 is 0 Å². The zero-order valence-electron chi connectivity index (χ0n) is 9.62. The van der Waals surface area contributed by atoms with Crippen LogP contribution in [0, 0.1) is 0 Å². The third kappa shape index (κ3) is 4.00. The highest BCUT2D eigenvalue weighted by Gasteiger charge is 2.04. The Labute approximate surface area is 102 Å². The highest BCUT2D eigenvalue weighted by atomic mass is 35.5. The average molecular weight is 243 g/mol. The number of nitrogens with zero attached hydrogens (tertiary/aromatic N) is 1. The van der Waals surface area contributed by atoms with Crippen molar-refractivity contribution < 1.29 is 5.11 Å². The predicted molar refractivity (Wildman–Crippen MR) is 68.8 cm³/mol. The van der Waals surface area contributed by atoms with Gasteiger partial charge in [0, 0.05) is 23.8 Å². The normalized spacial score (nSPS) is 11.0. The summed E-state index contributed by atoms with van der Waals surface area (Å²) in [6, 6.07) is 5.60. The molecule has 0 bridgehead atoms. The van der Waals surface area contributed by atoms with Crippen LogP contribution in [0.5, 0.6) is 0 Å². The monoisotopic (exact) mass is 242 g/mol. The van der Waals surface area contributed by atoms with Crippen molar-refractivity contribution in [3.63, 3.8) is 0 Å². The highest BCUT2D eigenvalue weighted by molar-refractivity contribution is 6.31. The Hall–Kier alpha value is -0.770. The van der Waals surface area contributed by atoms with Crippen LogP contribution in [-0.4, -0.2) is 36.2 Å². The number of anilines is 1. The molecule has 0 fully saturated rings. The number of halogens is 1. The summed E-state index contributed by atoms with van der Waals surface area (Å²) in [5.74, 6) is 0. The third-order valence-corrected chi connectivity index (χ3v) is 2.99. The molecule has 0 aliphatic rings. The maximum Gasteiger partial charge on any atom is 0.0558 e. The summed E-state index contributed by atoms with van der Waals surface area (Å²) in [4.78, 5) is 2.19. The number of hydrogen-bond acceptors (Lipinski definition) is 3. The van der Waals surface area contributed by atoms with Crippen LogP contribution in [0.1, 0.15) is 12.5 Å². The average Bonchev–Trinajstić information content (AvgIpc) is 2.26. The summed E-state index contributed by atoms with van der Waals surface area (Å²) < 4.78 is 0. The molecular formula is C12H19ClN2O. The first-order valence-electron chi connectivity index (χ1n) is 5.54. The van der Waals surface area contributed by atoms with Crippen molar-refractivity contribution in [2.45, 2.75) is 13.3 Å². The lowest BCUT2D eigenvalue weighted by Gasteiger charge is -2.19. The van der Waals surface area contributed by atoms with E-state index < -0.39 is 0 Å². The zero-order chi connectivity index (χ0) is 12.0. The van der Waals surface area contributed by atoms with Crippen LogP contribution in [0.3, 0.4) is 0 Å². The second kappa shape index (κ2) is 6.74. The van der Waals surface area contributed by atoms with E-state index in [2.05, 4.69) is 11.8 Å². The smallest absolute Gasteiger partial charge is 0.0558 e. The quantitative estimate of drug-likeness (QED) is 0.748. The van der Waals surface area contributed by atoms with Gasteiger partial charge in [-0.05, 0) is 30.7 Å². The van der Waals surface area contributed by atoms with E-state index in [0.717, 1.165) is 30.1 Å². The Morgan fingerprint density at radius 3 is 2.69 bits per heavy atom. The molecule has 1 rings (SSSR count). The van der Waals surface area contributed by atoms with Crippen LogP contribution < -0.4 is 5.73 Å². The molecule has 0 heterocycles. The molecule has 0 atom stereocenters. The van der Waals surface area contributed by atoms with E-state index in [0.29, 0.717) is 12.2 Å². The molecule has 0 amide bonds. The molecule has 0 saturated carbocycles. The molecule has 90 valence electrons. The Morgan fingerprint density at radius 1 is 1.38 bits per heavy atom. The number of hydrogen-bond donors (Lipinski definition) is 2. The van der Waals surface area contributed by atoms with Crippen LogP contribution in [-0.2, 0) is 6.42 Å². The molecule has 0 spiro atoms. The van der Waals surface area contributed by atoms with Crippen molar-refractivity contribution >= 4 is 17.3 Å². The Balaban J connectivity index is 2.53. The second-order valence-electron chi connectivity index (χ2n) is 3.76. The van der Waals surface area contributed by atoms with E-state index in [1.54, 1.807) is 6.07 Å². The molecule has 0 aromatic heterocycles. The molecule has 0 aliphatic carbocycles. The molecule has 0 saturated heterocycles. The number of nitrogen functional groups attached to an aromatic ring is 1. The van der Waals surface area contributed by atoms with Crippen molar-refractivity contribution in [2.75, 3.05) is 32.0 Å². The first-order chi connectivity index (χ1) is 7.67. The van der Waals surface area contributed by atoms with Gasteiger partial charge in [0.2, 0.25) is 0 Å². The van der Waals surface area contributed by atoms with Gasteiger partial charge in [0.05, 0.1) is 6.61 Å². The number of aliphatic hydroxyl groups excluding tert-OH is 1. The van der Waals surface area contributed by atoms with Crippen molar-refractivity contribution in [2.24, 2.45) is 0 Å². The first kappa shape index (κ1) is 13.3. The molecule has 4 heteroatoms. The number of nitrogens with two attached hydrogens (primary N) is 1. The van der Waals surface area contributed by atoms with E-state index in [-0.39, 0.29) is 6.61 Å². The van der Waals surface area contributed by atoms with Gasteiger partial charge in [-0.2, -0.15) is 0 Å². The molecule has 0 unspecified atom stereocenters. The molecule has 1 aromatic carbocycles. The van der Waals surface area contributed by atoms with Crippen molar-refractivity contribution in [1.82, 2.24) is 4.90 Å². The van der Waals surface area contributed by atoms with E-state index in [1.165, 1.54) is 0 Å². The predicted octanol–water partition coefficient (Wildman–Crippen LogP) is 1.78. The van der Waals surface area contributed by atoms with Gasteiger partial charge in [-0.3, -0.25) is 0 Å². The fourth-order valence-corrected chi connectivity index (χ4v) is 1.90. The van der Waals surface area contributed by atoms with Gasteiger partial charge in [-0.15, -0.1) is 0 Å². The van der Waals surface area contributed by atoms with E-state index in [4.69, 9.17) is 22.4 Å². The van der Waals surface area contributed by atoms with Gasteiger partial charge < -0.3 is 15.7 Å². The molecule has 1 aromatic rings. The standard InChI is InChI=1S/C12H19ClN2O/c1-2-15(7-8-16)6-5-10-3-4-11(14)9-12(10)13/h3-4,9,16H,2,5-8,14H2,1H3. The number of aliphatic hydroxyl groups is 1.